The van der Waals surface area contributed by atoms with Gasteiger partial charge in [0, 0.05) is 37.8 Å². The molecule has 1 unspecified atom stereocenters. The summed E-state index contributed by atoms with van der Waals surface area (Å²) >= 11 is 0. The van der Waals surface area contributed by atoms with Crippen LogP contribution in [-0.4, -0.2) is 68.8 Å². The molecule has 2 aromatic heterocycles. The average Bonchev–Trinajstić information content (AvgIpc) is 3.35. The van der Waals surface area contributed by atoms with E-state index >= 15 is 0 Å². The maximum Gasteiger partial charge on any atom is 0.164 e. The van der Waals surface area contributed by atoms with Gasteiger partial charge in [0.1, 0.15) is 17.8 Å². The van der Waals surface area contributed by atoms with Gasteiger partial charge in [-0.05, 0) is 43.9 Å². The Bertz CT molecular complexity index is 1330. The van der Waals surface area contributed by atoms with Gasteiger partial charge < -0.3 is 16.4 Å². The summed E-state index contributed by atoms with van der Waals surface area (Å²) in [6.45, 7) is 4.68. The second-order valence-corrected chi connectivity index (χ2v) is 10.6. The van der Waals surface area contributed by atoms with Crippen LogP contribution in [0.15, 0.2) is 60.9 Å². The van der Waals surface area contributed by atoms with Crippen molar-refractivity contribution in [3.63, 3.8) is 0 Å². The van der Waals surface area contributed by atoms with E-state index in [0.717, 1.165) is 46.3 Å². The molecule has 192 valence electrons. The van der Waals surface area contributed by atoms with Crippen LogP contribution in [0.25, 0.3) is 22.3 Å². The molecule has 8 nitrogen and oxygen atoms in total. The Morgan fingerprint density at radius 3 is 2.16 bits per heavy atom. The van der Waals surface area contributed by atoms with Crippen molar-refractivity contribution < 1.29 is 0 Å². The van der Waals surface area contributed by atoms with Gasteiger partial charge in [0.15, 0.2) is 5.65 Å². The molecule has 3 heterocycles. The molecule has 1 saturated heterocycles. The molecular formula is C29H36N8. The number of hydrogen-bond acceptors (Lipinski definition) is 7. The number of anilines is 1. The van der Waals surface area contributed by atoms with E-state index in [0.29, 0.717) is 17.9 Å². The van der Waals surface area contributed by atoms with Gasteiger partial charge in [-0.2, -0.15) is 5.10 Å². The Kier molecular flexibility index (Phi) is 6.63. The van der Waals surface area contributed by atoms with Crippen LogP contribution in [0.3, 0.4) is 0 Å². The van der Waals surface area contributed by atoms with Crippen LogP contribution >= 0.6 is 0 Å². The summed E-state index contributed by atoms with van der Waals surface area (Å²) in [5, 5.41) is 5.94. The summed E-state index contributed by atoms with van der Waals surface area (Å²) < 4.78 is 2.12. The third-order valence-electron chi connectivity index (χ3n) is 8.29. The molecule has 6 rings (SSSR count). The van der Waals surface area contributed by atoms with Crippen LogP contribution in [0.5, 0.6) is 0 Å². The van der Waals surface area contributed by atoms with Crippen LogP contribution in [0, 0.1) is 0 Å². The molecule has 4 aromatic rings. The fraction of sp³-hybridized carbons (Fsp3) is 0.414. The zero-order valence-corrected chi connectivity index (χ0v) is 21.5. The second kappa shape index (κ2) is 10.2. The van der Waals surface area contributed by atoms with Gasteiger partial charge in [0.05, 0.1) is 17.5 Å². The Balaban J connectivity index is 1.25. The van der Waals surface area contributed by atoms with Crippen LogP contribution < -0.4 is 11.5 Å². The fourth-order valence-electron chi connectivity index (χ4n) is 6.01. The van der Waals surface area contributed by atoms with Crippen molar-refractivity contribution in [1.82, 2.24) is 29.5 Å². The summed E-state index contributed by atoms with van der Waals surface area (Å²) in [5.41, 5.74) is 17.7. The fourth-order valence-corrected chi connectivity index (χ4v) is 6.01. The predicted octanol–water partition coefficient (Wildman–Crippen LogP) is 3.85. The average molecular weight is 497 g/mol. The highest BCUT2D eigenvalue weighted by atomic mass is 15.3. The molecule has 2 aliphatic rings. The van der Waals surface area contributed by atoms with E-state index in [1.54, 1.807) is 6.33 Å². The van der Waals surface area contributed by atoms with Crippen LogP contribution in [-0.2, 0) is 0 Å². The maximum atomic E-state index is 6.53. The molecule has 2 aromatic carbocycles. The Labute approximate surface area is 218 Å². The highest BCUT2D eigenvalue weighted by Gasteiger charge is 2.30. The number of likely N-dealkylation sites (N-methyl/N-ethyl adjacent to an activating group) is 1. The number of nitrogen functional groups attached to an aromatic ring is 1. The molecule has 4 N–H and O–H groups in total. The first-order valence-electron chi connectivity index (χ1n) is 13.4. The molecule has 8 heteroatoms. The highest BCUT2D eigenvalue weighted by Crippen LogP contribution is 2.37. The molecule has 37 heavy (non-hydrogen) atoms. The second-order valence-electron chi connectivity index (χ2n) is 10.6. The van der Waals surface area contributed by atoms with Gasteiger partial charge >= 0.3 is 0 Å². The van der Waals surface area contributed by atoms with Crippen LogP contribution in [0.1, 0.15) is 48.9 Å². The summed E-state index contributed by atoms with van der Waals surface area (Å²) in [7, 11) is 2.22. The molecule has 1 aliphatic carbocycles. The van der Waals surface area contributed by atoms with E-state index in [-0.39, 0.29) is 6.04 Å². The van der Waals surface area contributed by atoms with E-state index in [4.69, 9.17) is 16.6 Å². The number of nitrogens with zero attached hydrogens (tertiary/aromatic N) is 6. The van der Waals surface area contributed by atoms with Gasteiger partial charge in [0.25, 0.3) is 0 Å². The third kappa shape index (κ3) is 4.72. The summed E-state index contributed by atoms with van der Waals surface area (Å²) in [5.74, 6) is 0.474. The van der Waals surface area contributed by atoms with Crippen LogP contribution in [0.4, 0.5) is 5.82 Å². The van der Waals surface area contributed by atoms with Crippen molar-refractivity contribution in [2.45, 2.75) is 43.8 Å². The zero-order chi connectivity index (χ0) is 25.4. The molecule has 1 aliphatic heterocycles. The van der Waals surface area contributed by atoms with E-state index in [1.165, 1.54) is 39.0 Å². The van der Waals surface area contributed by atoms with Crippen molar-refractivity contribution in [1.29, 1.82) is 0 Å². The molecule has 2 fully saturated rings. The Hall–Kier alpha value is -3.33. The van der Waals surface area contributed by atoms with Gasteiger partial charge in [0.2, 0.25) is 0 Å². The standard InChI is InChI=1S/C29H36N8/c1-35-15-17-36(18-16-35)23-11-13-24(14-12-23)37-29-25(28(31)32-19-33-29)27(34-37)22-9-7-21(8-10-22)26(30)20-5-3-2-4-6-20/h2-10,19,23-24,26H,11-18,30H2,1H3,(H2,31,32,33)/t23-,24+,26?. The highest BCUT2D eigenvalue weighted by molar-refractivity contribution is 5.98. The first kappa shape index (κ1) is 24.0. The van der Waals surface area contributed by atoms with Gasteiger partial charge in [-0.1, -0.05) is 54.6 Å². The Morgan fingerprint density at radius 2 is 1.46 bits per heavy atom. The Morgan fingerprint density at radius 1 is 0.811 bits per heavy atom. The lowest BCUT2D eigenvalue weighted by atomic mass is 9.90. The molecule has 0 bridgehead atoms. The van der Waals surface area contributed by atoms with Gasteiger partial charge in [-0.15, -0.1) is 0 Å². The number of benzene rings is 2. The lowest BCUT2D eigenvalue weighted by Gasteiger charge is -2.41. The van der Waals surface area contributed by atoms with Crippen molar-refractivity contribution in [2.24, 2.45) is 5.73 Å². The molecular weight excluding hydrogens is 460 g/mol. The molecule has 0 radical (unpaired) electrons. The number of aromatic nitrogens is 4. The van der Waals surface area contributed by atoms with Gasteiger partial charge in [-0.25, -0.2) is 14.6 Å². The molecule has 0 spiro atoms. The first-order chi connectivity index (χ1) is 18.1. The minimum absolute atomic E-state index is 0.173. The van der Waals surface area contributed by atoms with E-state index in [1.807, 2.05) is 18.2 Å². The van der Waals surface area contributed by atoms with Crippen LogP contribution in [0.2, 0.25) is 0 Å². The van der Waals surface area contributed by atoms with Crippen molar-refractivity contribution in [3.05, 3.63) is 72.1 Å². The topological polar surface area (TPSA) is 102 Å². The number of rotatable bonds is 5. The van der Waals surface area contributed by atoms with E-state index < -0.39 is 0 Å². The minimum Gasteiger partial charge on any atom is -0.383 e. The SMILES string of the molecule is CN1CCN([C@H]2CC[C@@H](n3nc(-c4ccc(C(N)c5ccccc5)cc4)c4c(N)ncnc43)CC2)CC1. The first-order valence-corrected chi connectivity index (χ1v) is 13.4. The summed E-state index contributed by atoms with van der Waals surface area (Å²) in [6.07, 6.45) is 6.14. The zero-order valence-electron chi connectivity index (χ0n) is 21.5. The quantitative estimate of drug-likeness (QED) is 0.433. The van der Waals surface area contributed by atoms with Crippen molar-refractivity contribution in [3.8, 4) is 11.3 Å². The number of hydrogen-bond donors (Lipinski definition) is 2. The third-order valence-corrected chi connectivity index (χ3v) is 8.29. The number of piperazine rings is 1. The minimum atomic E-state index is -0.173. The number of fused-ring (bicyclic) bond motifs is 1. The predicted molar refractivity (Wildman–Crippen MR) is 148 cm³/mol. The van der Waals surface area contributed by atoms with Gasteiger partial charge in [-0.3, -0.25) is 4.90 Å². The van der Waals surface area contributed by atoms with E-state index in [2.05, 4.69) is 67.9 Å². The lowest BCUT2D eigenvalue weighted by Crippen LogP contribution is -2.49. The molecule has 1 atom stereocenters. The van der Waals surface area contributed by atoms with E-state index in [9.17, 15) is 0 Å². The lowest BCUT2D eigenvalue weighted by molar-refractivity contribution is 0.0815. The summed E-state index contributed by atoms with van der Waals surface area (Å²) in [6, 6.07) is 19.3. The van der Waals surface area contributed by atoms with Crippen molar-refractivity contribution in [2.75, 3.05) is 39.0 Å². The number of nitrogens with two attached hydrogens (primary N) is 2. The summed E-state index contributed by atoms with van der Waals surface area (Å²) in [4.78, 5) is 14.0. The normalized spacial score (nSPS) is 22.3. The smallest absolute Gasteiger partial charge is 0.164 e. The molecule has 0 amide bonds. The van der Waals surface area contributed by atoms with Crippen molar-refractivity contribution >= 4 is 16.9 Å². The largest absolute Gasteiger partial charge is 0.383 e. The maximum absolute atomic E-state index is 6.53. The monoisotopic (exact) mass is 496 g/mol. The molecule has 1 saturated carbocycles.